The number of benzene rings is 2. The zero-order chi connectivity index (χ0) is 31.4. The Labute approximate surface area is 254 Å². The van der Waals surface area contributed by atoms with Crippen molar-refractivity contribution in [1.29, 1.82) is 0 Å². The fraction of sp³-hybridized carbons (Fsp3) is 0.423. The van der Waals surface area contributed by atoms with E-state index in [1.54, 1.807) is 0 Å². The highest BCUT2D eigenvalue weighted by Gasteiger charge is 2.57. The van der Waals surface area contributed by atoms with Crippen LogP contribution >= 0.6 is 31.0 Å². The fourth-order valence-electron chi connectivity index (χ4n) is 5.19. The summed E-state index contributed by atoms with van der Waals surface area (Å²) >= 11 is 11.3. The Kier molecular flexibility index (Phi) is 10.2. The fourth-order valence-corrected chi connectivity index (χ4v) is 5.70. The summed E-state index contributed by atoms with van der Waals surface area (Å²) in [5.74, 6) is -3.54. The molecule has 5 rings (SSSR count). The number of hydrogen-bond acceptors (Lipinski definition) is 8. The Morgan fingerprint density at radius 3 is 1.86 bits per heavy atom. The maximum atomic E-state index is 13.7. The largest absolute Gasteiger partial charge is 0.484 e. The van der Waals surface area contributed by atoms with Crippen LogP contribution in [0.2, 0.25) is 10.0 Å². The van der Waals surface area contributed by atoms with Crippen LogP contribution in [0.15, 0.2) is 36.4 Å². The van der Waals surface area contributed by atoms with Crippen LogP contribution in [-0.2, 0) is 28.2 Å². The molecule has 2 bridgehead atoms. The van der Waals surface area contributed by atoms with E-state index in [2.05, 4.69) is 15.2 Å². The van der Waals surface area contributed by atoms with Crippen molar-refractivity contribution in [3.63, 3.8) is 0 Å². The predicted molar refractivity (Wildman–Crippen MR) is 147 cm³/mol. The maximum Gasteiger partial charge on any atom is 0.470 e. The lowest BCUT2D eigenvalue weighted by Gasteiger charge is -2.57. The highest BCUT2D eigenvalue weighted by molar-refractivity contribution is 7.46. The first-order valence-electron chi connectivity index (χ1n) is 12.8. The van der Waals surface area contributed by atoms with Crippen LogP contribution in [-0.4, -0.2) is 64.6 Å². The first-order chi connectivity index (χ1) is 20.2. The maximum absolute atomic E-state index is 13.7. The third kappa shape index (κ3) is 8.78. The zero-order valence-corrected chi connectivity index (χ0v) is 24.7. The van der Waals surface area contributed by atoms with Crippen LogP contribution in [0.3, 0.4) is 0 Å². The van der Waals surface area contributed by atoms with E-state index >= 15 is 0 Å². The molecule has 3 aliphatic rings. The lowest BCUT2D eigenvalue weighted by Crippen LogP contribution is -2.71. The van der Waals surface area contributed by atoms with Crippen molar-refractivity contribution in [2.45, 2.75) is 49.3 Å². The molecule has 3 saturated carbocycles. The smallest absolute Gasteiger partial charge is 0.470 e. The van der Waals surface area contributed by atoms with E-state index in [9.17, 15) is 27.7 Å². The van der Waals surface area contributed by atoms with E-state index < -0.39 is 74.2 Å². The number of hydrogen-bond donors (Lipinski definition) is 4. The minimum atomic E-state index is -4.97. The van der Waals surface area contributed by atoms with E-state index in [1.807, 2.05) is 0 Å². The van der Waals surface area contributed by atoms with Gasteiger partial charge in [0, 0.05) is 24.1 Å². The van der Waals surface area contributed by atoms with Crippen LogP contribution in [0.4, 0.5) is 8.78 Å². The van der Waals surface area contributed by atoms with Gasteiger partial charge >= 0.3 is 13.8 Å². The third-order valence-electron chi connectivity index (χ3n) is 7.23. The Bertz CT molecular complexity index is 1430. The number of carbonyl (C=O) groups is 3. The second-order valence-corrected chi connectivity index (χ2v) is 12.3. The molecule has 0 heterocycles. The summed E-state index contributed by atoms with van der Waals surface area (Å²) in [6.07, 6.45) is 0.228. The van der Waals surface area contributed by atoms with Crippen molar-refractivity contribution in [2.75, 3.05) is 19.8 Å². The molecular formula is C26H27Cl2F2N2O10P. The van der Waals surface area contributed by atoms with Crippen molar-refractivity contribution in [2.24, 2.45) is 0 Å². The topological polar surface area (TPSA) is 170 Å². The molecule has 0 spiro atoms. The monoisotopic (exact) mass is 666 g/mol. The average molecular weight is 667 g/mol. The Morgan fingerprint density at radius 1 is 0.860 bits per heavy atom. The number of halogens is 4. The Balaban J connectivity index is 1.42. The molecule has 0 radical (unpaired) electrons. The van der Waals surface area contributed by atoms with Gasteiger partial charge in [-0.1, -0.05) is 23.2 Å². The van der Waals surface area contributed by atoms with Gasteiger partial charge in [-0.05, 0) is 49.9 Å². The molecule has 234 valence electrons. The second-order valence-electron chi connectivity index (χ2n) is 10.2. The summed E-state index contributed by atoms with van der Waals surface area (Å²) in [6.45, 7) is -2.01. The van der Waals surface area contributed by atoms with Crippen molar-refractivity contribution in [3.05, 3.63) is 58.1 Å². The third-order valence-corrected chi connectivity index (χ3v) is 8.31. The van der Waals surface area contributed by atoms with Crippen LogP contribution in [0.25, 0.3) is 0 Å². The lowest BCUT2D eigenvalue weighted by molar-refractivity contribution is -0.169. The summed E-state index contributed by atoms with van der Waals surface area (Å²) in [6, 6.07) is 7.39. The van der Waals surface area contributed by atoms with Crippen LogP contribution in [0.1, 0.15) is 32.1 Å². The van der Waals surface area contributed by atoms with Gasteiger partial charge in [-0.25, -0.2) is 18.1 Å². The molecule has 2 amide bonds. The first-order valence-corrected chi connectivity index (χ1v) is 15.1. The van der Waals surface area contributed by atoms with Crippen LogP contribution < -0.4 is 20.1 Å². The summed E-state index contributed by atoms with van der Waals surface area (Å²) in [4.78, 5) is 56.0. The van der Waals surface area contributed by atoms with Crippen molar-refractivity contribution < 1.29 is 56.3 Å². The normalized spacial score (nSPS) is 22.9. The summed E-state index contributed by atoms with van der Waals surface area (Å²) < 4.78 is 58.9. The quantitative estimate of drug-likeness (QED) is 0.194. The molecule has 0 saturated heterocycles. The standard InChI is InChI=1S/C26H27Cl2F2N2O10P/c27-17-3-1-15(9-19(17)29)39-12-22(33)31-25-5-7-26(8-6-25,21(11-25)42-24(35)14-41-43(36,37)38)32-23(34)13-40-16-2-4-18(28)20(30)10-16/h1-4,9-10,21H,5-8,11-14H2,(H,31,33)(H,32,34)(H2,36,37,38)/t21-,25?,26?/m1/s1. The van der Waals surface area contributed by atoms with Crippen molar-refractivity contribution >= 4 is 48.8 Å². The van der Waals surface area contributed by atoms with Gasteiger partial charge in [0.2, 0.25) is 0 Å². The number of phosphoric acid groups is 1. The van der Waals surface area contributed by atoms with E-state index in [4.69, 9.17) is 47.2 Å². The van der Waals surface area contributed by atoms with Gasteiger partial charge in [0.1, 0.15) is 29.2 Å². The predicted octanol–water partition coefficient (Wildman–Crippen LogP) is 3.44. The molecule has 3 fully saturated rings. The summed E-state index contributed by atoms with van der Waals surface area (Å²) in [7, 11) is -4.97. The SMILES string of the molecule is O=C(COc1ccc(Cl)c(F)c1)NC12CCC(NC(=O)COc3ccc(Cl)c(F)c3)(CC1)[C@H](OC(=O)COP(=O)(O)O)C2. The zero-order valence-electron chi connectivity index (χ0n) is 22.3. The van der Waals surface area contributed by atoms with Crippen molar-refractivity contribution in [3.8, 4) is 11.5 Å². The van der Waals surface area contributed by atoms with Crippen LogP contribution in [0.5, 0.6) is 11.5 Å². The average Bonchev–Trinajstić information content (AvgIpc) is 2.94. The molecule has 17 heteroatoms. The van der Waals surface area contributed by atoms with Gasteiger partial charge in [-0.2, -0.15) is 0 Å². The number of phosphoric ester groups is 1. The number of esters is 1. The number of rotatable bonds is 12. The molecule has 1 atom stereocenters. The van der Waals surface area contributed by atoms with Gasteiger partial charge in [-0.3, -0.25) is 14.1 Å². The molecule has 4 N–H and O–H groups in total. The highest BCUT2D eigenvalue weighted by atomic mass is 35.5. The summed E-state index contributed by atoms with van der Waals surface area (Å²) in [5, 5.41) is 5.50. The summed E-state index contributed by atoms with van der Waals surface area (Å²) in [5.41, 5.74) is -1.97. The van der Waals surface area contributed by atoms with E-state index in [0.717, 1.165) is 12.1 Å². The van der Waals surface area contributed by atoms with Gasteiger partial charge in [0.25, 0.3) is 11.8 Å². The van der Waals surface area contributed by atoms with E-state index in [-0.39, 0.29) is 40.8 Å². The number of fused-ring (bicyclic) bond motifs is 3. The molecule has 3 aliphatic carbocycles. The highest BCUT2D eigenvalue weighted by Crippen LogP contribution is 2.48. The van der Waals surface area contributed by atoms with Gasteiger partial charge in [-0.15, -0.1) is 0 Å². The molecular weight excluding hydrogens is 640 g/mol. The second kappa shape index (κ2) is 13.3. The van der Waals surface area contributed by atoms with E-state index in [0.29, 0.717) is 12.8 Å². The van der Waals surface area contributed by atoms with Gasteiger partial charge < -0.3 is 34.6 Å². The van der Waals surface area contributed by atoms with Crippen LogP contribution in [0, 0.1) is 11.6 Å². The molecule has 2 aromatic carbocycles. The lowest BCUT2D eigenvalue weighted by atomic mass is 9.59. The number of carbonyl (C=O) groups excluding carboxylic acids is 3. The Hall–Kier alpha value is -3.00. The molecule has 0 aromatic heterocycles. The molecule has 0 aliphatic heterocycles. The minimum Gasteiger partial charge on any atom is -0.484 e. The van der Waals surface area contributed by atoms with Gasteiger partial charge in [0.15, 0.2) is 19.8 Å². The van der Waals surface area contributed by atoms with E-state index in [1.165, 1.54) is 24.3 Å². The van der Waals surface area contributed by atoms with Gasteiger partial charge in [0.05, 0.1) is 15.6 Å². The molecule has 2 aromatic rings. The number of ether oxygens (including phenoxy) is 3. The number of amides is 2. The first kappa shape index (κ1) is 32.9. The number of nitrogens with one attached hydrogen (secondary N) is 2. The Morgan fingerprint density at radius 2 is 1.37 bits per heavy atom. The minimum absolute atomic E-state index is 0.0412. The molecule has 0 unspecified atom stereocenters. The molecule has 43 heavy (non-hydrogen) atoms. The molecule has 12 nitrogen and oxygen atoms in total. The van der Waals surface area contributed by atoms with Crippen molar-refractivity contribution in [1.82, 2.24) is 10.6 Å².